The van der Waals surface area contributed by atoms with E-state index in [1.807, 2.05) is 24.3 Å². The number of hydrogen-bond donors (Lipinski definition) is 1. The lowest BCUT2D eigenvalue weighted by molar-refractivity contribution is 0.110. The molecule has 0 aromatic heterocycles. The molecular weight excluding hydrogens is 415 g/mol. The van der Waals surface area contributed by atoms with Crippen LogP contribution in [0, 0.1) is 0 Å². The van der Waals surface area contributed by atoms with Crippen molar-refractivity contribution >= 4 is 29.5 Å². The highest BCUT2D eigenvalue weighted by Crippen LogP contribution is 2.55. The zero-order valence-electron chi connectivity index (χ0n) is 17.7. The summed E-state index contributed by atoms with van der Waals surface area (Å²) in [5, 5.41) is 14.8. The lowest BCUT2D eigenvalue weighted by Crippen LogP contribution is -2.38. The molecule has 0 unspecified atom stereocenters. The Morgan fingerprint density at radius 1 is 0.688 bits per heavy atom. The molecule has 32 heavy (non-hydrogen) atoms. The Morgan fingerprint density at radius 2 is 1.12 bits per heavy atom. The summed E-state index contributed by atoms with van der Waals surface area (Å²) in [7, 11) is -2.15. The lowest BCUT2D eigenvalue weighted by atomic mass is 10.2. The maximum atomic E-state index is 11.3. The van der Waals surface area contributed by atoms with E-state index in [-0.39, 0.29) is 6.61 Å². The van der Waals surface area contributed by atoms with Crippen molar-refractivity contribution in [3.63, 3.8) is 0 Å². The minimum Gasteiger partial charge on any atom is -0.490 e. The monoisotopic (exact) mass is 441 g/mol. The van der Waals surface area contributed by atoms with Crippen molar-refractivity contribution in [3.8, 4) is 5.75 Å². The zero-order valence-corrected chi connectivity index (χ0v) is 18.6. The number of aldehydes is 1. The van der Waals surface area contributed by atoms with E-state index in [1.165, 1.54) is 15.9 Å². The van der Waals surface area contributed by atoms with Gasteiger partial charge in [-0.2, -0.15) is 0 Å². The first-order chi connectivity index (χ1) is 15.7. The van der Waals surface area contributed by atoms with E-state index in [2.05, 4.69) is 72.8 Å². The molecular formula is C28H26O3P+. The van der Waals surface area contributed by atoms with Gasteiger partial charge in [0.15, 0.2) is 6.29 Å². The van der Waals surface area contributed by atoms with Crippen molar-refractivity contribution in [2.45, 2.75) is 6.10 Å². The van der Waals surface area contributed by atoms with Crippen LogP contribution in [0.25, 0.3) is 0 Å². The number of carbonyl (C=O) groups is 1. The average molecular weight is 441 g/mol. The smallest absolute Gasteiger partial charge is 0.153 e. The molecule has 4 aromatic rings. The van der Waals surface area contributed by atoms with E-state index in [4.69, 9.17) is 4.74 Å². The fourth-order valence-corrected chi connectivity index (χ4v) is 8.38. The van der Waals surface area contributed by atoms with E-state index in [9.17, 15) is 9.90 Å². The van der Waals surface area contributed by atoms with E-state index >= 15 is 0 Å². The van der Waals surface area contributed by atoms with Crippen LogP contribution < -0.4 is 20.7 Å². The summed E-state index contributed by atoms with van der Waals surface area (Å²) in [6.45, 7) is 0.110. The van der Waals surface area contributed by atoms with Gasteiger partial charge < -0.3 is 9.84 Å². The van der Waals surface area contributed by atoms with Crippen LogP contribution in [0.4, 0.5) is 0 Å². The number of hydrogen-bond acceptors (Lipinski definition) is 3. The Labute approximate surface area is 189 Å². The van der Waals surface area contributed by atoms with Crippen molar-refractivity contribution < 1.29 is 14.6 Å². The second kappa shape index (κ2) is 10.4. The molecule has 0 aliphatic carbocycles. The van der Waals surface area contributed by atoms with E-state index in [0.29, 0.717) is 17.5 Å². The van der Waals surface area contributed by atoms with Gasteiger partial charge in [-0.15, -0.1) is 0 Å². The van der Waals surface area contributed by atoms with Gasteiger partial charge >= 0.3 is 0 Å². The largest absolute Gasteiger partial charge is 0.490 e. The topological polar surface area (TPSA) is 46.5 Å². The molecule has 0 amide bonds. The predicted molar refractivity (Wildman–Crippen MR) is 133 cm³/mol. The standard InChI is InChI=1S/C28H26O3P/c29-20-23-12-10-11-19-28(23)31-21-24(30)22-32(25-13-4-1-5-14-25,26-15-6-2-7-16-26)27-17-8-3-9-18-27/h1-20,24,30H,21-22H2/q+1/t24-/m0/s1. The second-order valence-corrected chi connectivity index (χ2v) is 11.2. The molecule has 1 N–H and O–H groups in total. The molecule has 0 saturated carbocycles. The second-order valence-electron chi connectivity index (χ2n) is 7.62. The minimum absolute atomic E-state index is 0.110. The fraction of sp³-hybridized carbons (Fsp3) is 0.107. The first-order valence-electron chi connectivity index (χ1n) is 10.6. The number of benzene rings is 4. The van der Waals surface area contributed by atoms with Crippen molar-refractivity contribution in [1.82, 2.24) is 0 Å². The highest BCUT2D eigenvalue weighted by atomic mass is 31.2. The van der Waals surface area contributed by atoms with E-state index in [1.54, 1.807) is 18.2 Å². The molecule has 0 saturated heterocycles. The van der Waals surface area contributed by atoms with Gasteiger partial charge in [-0.3, -0.25) is 4.79 Å². The van der Waals surface area contributed by atoms with E-state index in [0.717, 1.165) is 6.29 Å². The minimum atomic E-state index is -2.15. The lowest BCUT2D eigenvalue weighted by Gasteiger charge is -2.29. The number of carbonyl (C=O) groups excluding carboxylic acids is 1. The number of rotatable bonds is 9. The molecule has 0 bridgehead atoms. The third-order valence-corrected chi connectivity index (χ3v) is 10.1. The average Bonchev–Trinajstić information content (AvgIpc) is 2.88. The van der Waals surface area contributed by atoms with Crippen molar-refractivity contribution in [2.24, 2.45) is 0 Å². The van der Waals surface area contributed by atoms with E-state index < -0.39 is 13.4 Å². The molecule has 4 heteroatoms. The summed E-state index contributed by atoms with van der Waals surface area (Å²) in [5.74, 6) is 0.490. The zero-order chi connectivity index (χ0) is 22.2. The summed E-state index contributed by atoms with van der Waals surface area (Å²) in [4.78, 5) is 11.3. The van der Waals surface area contributed by atoms with Crippen LogP contribution in [-0.4, -0.2) is 30.3 Å². The summed E-state index contributed by atoms with van der Waals surface area (Å²) in [5.41, 5.74) is 0.481. The summed E-state index contributed by atoms with van der Waals surface area (Å²) in [6, 6.07) is 38.4. The van der Waals surface area contributed by atoms with Crippen molar-refractivity contribution in [3.05, 3.63) is 121 Å². The molecule has 1 atom stereocenters. The summed E-state index contributed by atoms with van der Waals surface area (Å²) >= 11 is 0. The number of ether oxygens (including phenoxy) is 1. The Morgan fingerprint density at radius 3 is 1.59 bits per heavy atom. The molecule has 160 valence electrons. The number of aliphatic hydroxyl groups excluding tert-OH is 1. The number of para-hydroxylation sites is 1. The van der Waals surface area contributed by atoms with Crippen LogP contribution in [0.1, 0.15) is 10.4 Å². The van der Waals surface area contributed by atoms with Gasteiger partial charge in [0, 0.05) is 0 Å². The van der Waals surface area contributed by atoms with Gasteiger partial charge in [-0.1, -0.05) is 66.7 Å². The van der Waals surface area contributed by atoms with Crippen LogP contribution in [0.5, 0.6) is 5.75 Å². The normalized spacial score (nSPS) is 12.2. The highest BCUT2D eigenvalue weighted by molar-refractivity contribution is 7.95. The predicted octanol–water partition coefficient (Wildman–Crippen LogP) is 4.23. The molecule has 0 aliphatic heterocycles. The van der Waals surface area contributed by atoms with Crippen molar-refractivity contribution in [2.75, 3.05) is 12.8 Å². The number of aliphatic hydroxyl groups is 1. The Kier molecular flexibility index (Phi) is 7.11. The Hall–Kier alpha value is -3.26. The van der Waals surface area contributed by atoms with Crippen LogP contribution >= 0.6 is 7.26 Å². The Balaban J connectivity index is 1.73. The van der Waals surface area contributed by atoms with Gasteiger partial charge in [-0.05, 0) is 48.5 Å². The van der Waals surface area contributed by atoms with Crippen molar-refractivity contribution in [1.29, 1.82) is 0 Å². The molecule has 4 aromatic carbocycles. The SMILES string of the molecule is O=Cc1ccccc1OC[C@H](O)C[P+](c1ccccc1)(c1ccccc1)c1ccccc1. The van der Waals surface area contributed by atoms with Gasteiger partial charge in [-0.25, -0.2) is 0 Å². The van der Waals surface area contributed by atoms with Gasteiger partial charge in [0.2, 0.25) is 0 Å². The maximum absolute atomic E-state index is 11.3. The molecule has 4 rings (SSSR count). The van der Waals surface area contributed by atoms with Gasteiger partial charge in [0.1, 0.15) is 47.8 Å². The molecule has 0 heterocycles. The quantitative estimate of drug-likeness (QED) is 0.312. The van der Waals surface area contributed by atoms with Gasteiger partial charge in [0.25, 0.3) is 0 Å². The molecule has 0 aliphatic rings. The van der Waals surface area contributed by atoms with Crippen LogP contribution in [0.15, 0.2) is 115 Å². The first-order valence-corrected chi connectivity index (χ1v) is 12.6. The highest BCUT2D eigenvalue weighted by Gasteiger charge is 2.46. The maximum Gasteiger partial charge on any atom is 0.153 e. The van der Waals surface area contributed by atoms with Gasteiger partial charge in [0.05, 0.1) is 5.56 Å². The molecule has 0 fully saturated rings. The van der Waals surface area contributed by atoms with Crippen LogP contribution in [0.2, 0.25) is 0 Å². The Bertz CT molecular complexity index is 1030. The third-order valence-electron chi connectivity index (χ3n) is 5.55. The summed E-state index contributed by atoms with van der Waals surface area (Å²) in [6.07, 6.45) is 0.592. The first kappa shape index (κ1) is 22.0. The van der Waals surface area contributed by atoms with Crippen LogP contribution in [0.3, 0.4) is 0 Å². The fourth-order valence-electron chi connectivity index (χ4n) is 4.08. The molecule has 3 nitrogen and oxygen atoms in total. The summed E-state index contributed by atoms with van der Waals surface area (Å²) < 4.78 is 5.88. The molecule has 0 spiro atoms. The third kappa shape index (κ3) is 4.65. The molecule has 0 radical (unpaired) electrons. The van der Waals surface area contributed by atoms with Crippen LogP contribution in [-0.2, 0) is 0 Å².